The second-order valence-corrected chi connectivity index (χ2v) is 5.86. The zero-order valence-corrected chi connectivity index (χ0v) is 13.4. The van der Waals surface area contributed by atoms with E-state index in [1.54, 1.807) is 0 Å². The Morgan fingerprint density at radius 2 is 1.87 bits per heavy atom. The van der Waals surface area contributed by atoms with E-state index in [1.807, 2.05) is 44.2 Å². The predicted molar refractivity (Wildman–Crippen MR) is 90.9 cm³/mol. The molecule has 23 heavy (non-hydrogen) atoms. The molecule has 118 valence electrons. The van der Waals surface area contributed by atoms with Crippen LogP contribution in [0, 0.1) is 13.8 Å². The highest BCUT2D eigenvalue weighted by molar-refractivity contribution is 6.04. The lowest BCUT2D eigenvalue weighted by Gasteiger charge is -2.07. The fourth-order valence-electron chi connectivity index (χ4n) is 2.85. The summed E-state index contributed by atoms with van der Waals surface area (Å²) in [6.07, 6.45) is 1.83. The molecule has 0 aromatic heterocycles. The topological polar surface area (TPSA) is 50.7 Å². The number of hydrogen-bond acceptors (Lipinski definition) is 3. The van der Waals surface area contributed by atoms with E-state index in [9.17, 15) is 4.79 Å². The fourth-order valence-corrected chi connectivity index (χ4v) is 2.85. The summed E-state index contributed by atoms with van der Waals surface area (Å²) in [4.78, 5) is 11.9. The van der Waals surface area contributed by atoms with Gasteiger partial charge in [0.1, 0.15) is 5.75 Å². The van der Waals surface area contributed by atoms with E-state index >= 15 is 0 Å². The summed E-state index contributed by atoms with van der Waals surface area (Å²) in [5.74, 6) is 0.456. The van der Waals surface area contributed by atoms with Gasteiger partial charge >= 0.3 is 0 Å². The molecule has 1 aliphatic rings. The van der Waals surface area contributed by atoms with Gasteiger partial charge in [-0.3, -0.25) is 4.79 Å². The number of aryl methyl sites for hydroxylation is 3. The Morgan fingerprint density at radius 1 is 1.13 bits per heavy atom. The number of amides is 1. The van der Waals surface area contributed by atoms with Gasteiger partial charge in [-0.25, -0.2) is 5.43 Å². The zero-order chi connectivity index (χ0) is 16.2. The first-order valence-electron chi connectivity index (χ1n) is 7.76. The van der Waals surface area contributed by atoms with Crippen LogP contribution in [-0.2, 0) is 11.2 Å². The Labute approximate surface area is 136 Å². The van der Waals surface area contributed by atoms with Crippen molar-refractivity contribution >= 4 is 11.6 Å². The highest BCUT2D eigenvalue weighted by Crippen LogP contribution is 2.21. The molecule has 2 aromatic rings. The standard InChI is InChI=1S/C19H20N2O2/c1-13-9-14(2)11-16(10-13)23-12-19(22)21-20-18-8-7-15-5-3-4-6-17(15)18/h3-6,9-11H,7-8,12H2,1-2H3,(H,21,22)/b20-18+. The Balaban J connectivity index is 1.57. The van der Waals surface area contributed by atoms with Gasteiger partial charge in [0.05, 0.1) is 5.71 Å². The molecule has 2 aromatic carbocycles. The molecule has 0 saturated heterocycles. The molecule has 0 aliphatic heterocycles. The van der Waals surface area contributed by atoms with Crippen LogP contribution in [0.15, 0.2) is 47.6 Å². The fraction of sp³-hybridized carbons (Fsp3) is 0.263. The lowest BCUT2D eigenvalue weighted by molar-refractivity contribution is -0.123. The number of carbonyl (C=O) groups excluding carboxylic acids is 1. The highest BCUT2D eigenvalue weighted by Gasteiger charge is 2.17. The van der Waals surface area contributed by atoms with Crippen LogP contribution in [0.5, 0.6) is 5.75 Å². The number of carbonyl (C=O) groups is 1. The van der Waals surface area contributed by atoms with Gasteiger partial charge in [-0.2, -0.15) is 5.10 Å². The lowest BCUT2D eigenvalue weighted by atomic mass is 10.1. The van der Waals surface area contributed by atoms with Crippen LogP contribution in [0.1, 0.15) is 28.7 Å². The first kappa shape index (κ1) is 15.3. The third-order valence-corrected chi connectivity index (χ3v) is 3.84. The van der Waals surface area contributed by atoms with Crippen molar-refractivity contribution in [3.63, 3.8) is 0 Å². The van der Waals surface area contributed by atoms with Gasteiger partial charge in [0.2, 0.25) is 0 Å². The average Bonchev–Trinajstić information content (AvgIpc) is 2.93. The summed E-state index contributed by atoms with van der Waals surface area (Å²) in [7, 11) is 0. The SMILES string of the molecule is Cc1cc(C)cc(OCC(=O)N/N=C2\CCc3ccccc32)c1. The lowest BCUT2D eigenvalue weighted by Crippen LogP contribution is -2.25. The molecular formula is C19H20N2O2. The Kier molecular flexibility index (Phi) is 4.42. The van der Waals surface area contributed by atoms with Crippen LogP contribution < -0.4 is 10.2 Å². The number of hydrazone groups is 1. The Morgan fingerprint density at radius 3 is 2.65 bits per heavy atom. The van der Waals surface area contributed by atoms with Crippen LogP contribution in [0.3, 0.4) is 0 Å². The van der Waals surface area contributed by atoms with Crippen molar-refractivity contribution in [1.29, 1.82) is 0 Å². The van der Waals surface area contributed by atoms with E-state index in [0.717, 1.165) is 35.2 Å². The van der Waals surface area contributed by atoms with E-state index < -0.39 is 0 Å². The first-order valence-corrected chi connectivity index (χ1v) is 7.76. The van der Waals surface area contributed by atoms with Crippen molar-refractivity contribution in [3.8, 4) is 5.75 Å². The normalized spacial score (nSPS) is 14.6. The van der Waals surface area contributed by atoms with E-state index in [4.69, 9.17) is 4.74 Å². The molecule has 3 rings (SSSR count). The molecular weight excluding hydrogens is 288 g/mol. The third kappa shape index (κ3) is 3.77. The maximum Gasteiger partial charge on any atom is 0.277 e. The number of nitrogens with one attached hydrogen (secondary N) is 1. The number of ether oxygens (including phenoxy) is 1. The van der Waals surface area contributed by atoms with Crippen LogP contribution in [0.25, 0.3) is 0 Å². The molecule has 0 atom stereocenters. The largest absolute Gasteiger partial charge is 0.484 e. The van der Waals surface area contributed by atoms with E-state index in [2.05, 4.69) is 22.7 Å². The minimum Gasteiger partial charge on any atom is -0.484 e. The van der Waals surface area contributed by atoms with Gasteiger partial charge < -0.3 is 4.74 Å². The molecule has 4 heteroatoms. The van der Waals surface area contributed by atoms with E-state index in [-0.39, 0.29) is 12.5 Å². The van der Waals surface area contributed by atoms with E-state index in [1.165, 1.54) is 5.56 Å². The maximum absolute atomic E-state index is 11.9. The molecule has 1 amide bonds. The third-order valence-electron chi connectivity index (χ3n) is 3.84. The predicted octanol–water partition coefficient (Wildman–Crippen LogP) is 3.15. The second kappa shape index (κ2) is 6.65. The molecule has 4 nitrogen and oxygen atoms in total. The summed E-state index contributed by atoms with van der Waals surface area (Å²) in [5.41, 5.74) is 8.16. The van der Waals surface area contributed by atoms with Crippen LogP contribution >= 0.6 is 0 Å². The molecule has 1 N–H and O–H groups in total. The van der Waals surface area contributed by atoms with Gasteiger partial charge in [-0.15, -0.1) is 0 Å². The van der Waals surface area contributed by atoms with Crippen molar-refractivity contribution in [2.24, 2.45) is 5.10 Å². The van der Waals surface area contributed by atoms with Gasteiger partial charge in [-0.05, 0) is 55.5 Å². The van der Waals surface area contributed by atoms with Crippen molar-refractivity contribution < 1.29 is 9.53 Å². The zero-order valence-electron chi connectivity index (χ0n) is 13.4. The Hall–Kier alpha value is -2.62. The highest BCUT2D eigenvalue weighted by atomic mass is 16.5. The number of rotatable bonds is 4. The summed E-state index contributed by atoms with van der Waals surface area (Å²) in [6.45, 7) is 3.97. The molecule has 0 saturated carbocycles. The quantitative estimate of drug-likeness (QED) is 0.882. The van der Waals surface area contributed by atoms with Crippen LogP contribution in [0.2, 0.25) is 0 Å². The minimum absolute atomic E-state index is 0.0404. The van der Waals surface area contributed by atoms with Gasteiger partial charge in [0, 0.05) is 5.56 Å². The van der Waals surface area contributed by atoms with E-state index in [0.29, 0.717) is 5.75 Å². The number of benzene rings is 2. The maximum atomic E-state index is 11.9. The van der Waals surface area contributed by atoms with Gasteiger partial charge in [0.15, 0.2) is 6.61 Å². The molecule has 1 aliphatic carbocycles. The number of fused-ring (bicyclic) bond motifs is 1. The molecule has 0 spiro atoms. The summed E-state index contributed by atoms with van der Waals surface area (Å²) in [5, 5.41) is 4.25. The molecule has 0 heterocycles. The molecule has 0 bridgehead atoms. The second-order valence-electron chi connectivity index (χ2n) is 5.86. The van der Waals surface area contributed by atoms with Crippen molar-refractivity contribution in [2.75, 3.05) is 6.61 Å². The molecule has 0 radical (unpaired) electrons. The number of nitrogens with zero attached hydrogens (tertiary/aromatic N) is 1. The van der Waals surface area contributed by atoms with Crippen LogP contribution in [0.4, 0.5) is 0 Å². The summed E-state index contributed by atoms with van der Waals surface area (Å²) in [6, 6.07) is 14.1. The van der Waals surface area contributed by atoms with Gasteiger partial charge in [0.25, 0.3) is 5.91 Å². The van der Waals surface area contributed by atoms with Crippen LogP contribution in [-0.4, -0.2) is 18.2 Å². The summed E-state index contributed by atoms with van der Waals surface area (Å²) < 4.78 is 5.53. The van der Waals surface area contributed by atoms with Crippen molar-refractivity contribution in [2.45, 2.75) is 26.7 Å². The molecule has 0 unspecified atom stereocenters. The van der Waals surface area contributed by atoms with Crippen molar-refractivity contribution in [3.05, 3.63) is 64.7 Å². The first-order chi connectivity index (χ1) is 11.1. The monoisotopic (exact) mass is 308 g/mol. The Bertz CT molecular complexity index is 745. The number of hydrogen-bond donors (Lipinski definition) is 1. The minimum atomic E-state index is -0.249. The smallest absolute Gasteiger partial charge is 0.277 e. The summed E-state index contributed by atoms with van der Waals surface area (Å²) >= 11 is 0. The van der Waals surface area contributed by atoms with Gasteiger partial charge in [-0.1, -0.05) is 30.3 Å². The average molecular weight is 308 g/mol. The van der Waals surface area contributed by atoms with Crippen molar-refractivity contribution in [1.82, 2.24) is 5.43 Å². The molecule has 0 fully saturated rings.